The van der Waals surface area contributed by atoms with E-state index in [1.807, 2.05) is 0 Å². The van der Waals surface area contributed by atoms with Gasteiger partial charge >= 0.3 is 0 Å². The van der Waals surface area contributed by atoms with E-state index >= 15 is 0 Å². The van der Waals surface area contributed by atoms with Crippen LogP contribution in [0.2, 0.25) is 0 Å². The van der Waals surface area contributed by atoms with Crippen molar-refractivity contribution in [3.63, 3.8) is 0 Å². The first-order valence-corrected chi connectivity index (χ1v) is 5.87. The lowest BCUT2D eigenvalue weighted by atomic mass is 10.1. The lowest BCUT2D eigenvalue weighted by Gasteiger charge is -2.15. The molecule has 21 heavy (non-hydrogen) atoms. The summed E-state index contributed by atoms with van der Waals surface area (Å²) in [6.07, 6.45) is -2.09. The van der Waals surface area contributed by atoms with E-state index in [-0.39, 0.29) is 22.5 Å². The van der Waals surface area contributed by atoms with Crippen LogP contribution < -0.4 is 10.5 Å². The molecular formula is C10H15N5O6. The number of anilines is 1. The highest BCUT2D eigenvalue weighted by Crippen LogP contribution is 2.31. The molecule has 1 aliphatic rings. The Bertz CT molecular complexity index is 648. The van der Waals surface area contributed by atoms with E-state index in [2.05, 4.69) is 9.97 Å². The Morgan fingerprint density at radius 1 is 1.38 bits per heavy atom. The third kappa shape index (κ3) is 2.16. The quantitative estimate of drug-likeness (QED) is 0.324. The molecule has 0 amide bonds. The van der Waals surface area contributed by atoms with Gasteiger partial charge in [0, 0.05) is 0 Å². The summed E-state index contributed by atoms with van der Waals surface area (Å²) >= 11 is 0. The summed E-state index contributed by atoms with van der Waals surface area (Å²) in [5.41, 5.74) is 5.99. The molecule has 11 heteroatoms. The number of nitrogen functional groups attached to an aromatic ring is 1. The van der Waals surface area contributed by atoms with E-state index in [9.17, 15) is 15.4 Å². The van der Waals surface area contributed by atoms with E-state index < -0.39 is 31.1 Å². The number of nitrogens with two attached hydrogens (primary N) is 1. The van der Waals surface area contributed by atoms with Crippen LogP contribution in [0.15, 0.2) is 12.7 Å². The lowest BCUT2D eigenvalue weighted by Crippen LogP contribution is -2.33. The molecule has 0 aromatic carbocycles. The van der Waals surface area contributed by atoms with Gasteiger partial charge in [0.2, 0.25) is 12.0 Å². The number of ether oxygens (including phenoxy) is 1. The molecule has 0 aliphatic carbocycles. The van der Waals surface area contributed by atoms with E-state index in [1.54, 1.807) is 0 Å². The summed E-state index contributed by atoms with van der Waals surface area (Å²) in [6, 6.07) is 0. The van der Waals surface area contributed by atoms with Crippen molar-refractivity contribution in [2.75, 3.05) is 12.3 Å². The Morgan fingerprint density at radius 2 is 2.10 bits per heavy atom. The zero-order valence-electron chi connectivity index (χ0n) is 10.7. The Kier molecular flexibility index (Phi) is 3.93. The van der Waals surface area contributed by atoms with Crippen LogP contribution in [-0.4, -0.2) is 60.2 Å². The number of aromatic nitrogens is 4. The van der Waals surface area contributed by atoms with Gasteiger partial charge in [-0.2, -0.15) is 0 Å². The molecule has 1 saturated heterocycles. The van der Waals surface area contributed by atoms with Gasteiger partial charge in [0.15, 0.2) is 11.7 Å². The normalized spacial score (nSPS) is 28.7. The van der Waals surface area contributed by atoms with E-state index in [4.69, 9.17) is 15.6 Å². The molecule has 4 atom stereocenters. The molecule has 7 N–H and O–H groups in total. The third-order valence-electron chi connectivity index (χ3n) is 3.32. The highest BCUT2D eigenvalue weighted by molar-refractivity contribution is 5.79. The predicted octanol–water partition coefficient (Wildman–Crippen LogP) is -3.57. The van der Waals surface area contributed by atoms with Gasteiger partial charge in [-0.25, -0.2) is 9.71 Å². The maximum absolute atomic E-state index is 11.3. The Balaban J connectivity index is 0.00000161. The predicted molar refractivity (Wildman–Crippen MR) is 67.5 cm³/mol. The minimum absolute atomic E-state index is 0. The van der Waals surface area contributed by atoms with Crippen LogP contribution in [0.25, 0.3) is 11.2 Å². The molecule has 2 aromatic rings. The number of fused-ring (bicyclic) bond motifs is 1. The largest absolute Gasteiger partial charge is 0.740 e. The fourth-order valence-corrected chi connectivity index (χ4v) is 2.23. The smallest absolute Gasteiger partial charge is 0.251 e. The van der Waals surface area contributed by atoms with E-state index in [0.717, 1.165) is 6.33 Å². The first kappa shape index (κ1) is 15.3. The molecular weight excluding hydrogens is 286 g/mol. The number of nitrogens with zero attached hydrogens (tertiary/aromatic N) is 4. The topological polar surface area (TPSA) is 185 Å². The summed E-state index contributed by atoms with van der Waals surface area (Å²) < 4.78 is 7.09. The van der Waals surface area contributed by atoms with Crippen molar-refractivity contribution in [3.8, 4) is 0 Å². The summed E-state index contributed by atoms with van der Waals surface area (Å²) in [5.74, 6) is -0.125. The number of aliphatic hydroxyl groups is 3. The molecule has 11 nitrogen and oxygen atoms in total. The van der Waals surface area contributed by atoms with Crippen molar-refractivity contribution in [1.29, 1.82) is 0 Å². The van der Waals surface area contributed by atoms with Crippen molar-refractivity contribution in [1.82, 2.24) is 14.5 Å². The van der Waals surface area contributed by atoms with Crippen LogP contribution in [0.1, 0.15) is 6.23 Å². The van der Waals surface area contributed by atoms with Crippen LogP contribution in [0.3, 0.4) is 0 Å². The van der Waals surface area contributed by atoms with Crippen LogP contribution in [0.4, 0.5) is 5.82 Å². The van der Waals surface area contributed by atoms with E-state index in [1.165, 1.54) is 10.9 Å². The molecule has 1 aliphatic heterocycles. The average molecular weight is 301 g/mol. The van der Waals surface area contributed by atoms with Gasteiger partial charge in [0.1, 0.15) is 24.6 Å². The maximum Gasteiger partial charge on any atom is 0.251 e. The number of hydrogen-bond donors (Lipinski definition) is 4. The van der Waals surface area contributed by atoms with Crippen molar-refractivity contribution >= 4 is 17.0 Å². The van der Waals surface area contributed by atoms with Gasteiger partial charge in [-0.05, 0) is 0 Å². The second-order valence-electron chi connectivity index (χ2n) is 4.51. The van der Waals surface area contributed by atoms with Crippen molar-refractivity contribution < 1.29 is 30.3 Å². The monoisotopic (exact) mass is 301 g/mol. The van der Waals surface area contributed by atoms with Crippen LogP contribution in [-0.2, 0) is 4.74 Å². The molecule has 3 rings (SSSR count). The second-order valence-corrected chi connectivity index (χ2v) is 4.51. The summed E-state index contributed by atoms with van der Waals surface area (Å²) in [5, 5.41) is 40.0. The second kappa shape index (κ2) is 5.38. The van der Waals surface area contributed by atoms with Gasteiger partial charge in [-0.3, -0.25) is 4.57 Å². The molecule has 116 valence electrons. The molecule has 0 saturated carbocycles. The molecule has 0 radical (unpaired) electrons. The first-order valence-electron chi connectivity index (χ1n) is 5.87. The molecule has 0 spiro atoms. The summed E-state index contributed by atoms with van der Waals surface area (Å²) in [6.45, 7) is -0.433. The van der Waals surface area contributed by atoms with Crippen molar-refractivity contribution in [3.05, 3.63) is 17.9 Å². The third-order valence-corrected chi connectivity index (χ3v) is 3.32. The zero-order chi connectivity index (χ0) is 14.4. The summed E-state index contributed by atoms with van der Waals surface area (Å²) in [4.78, 5) is 7.85. The zero-order valence-corrected chi connectivity index (χ0v) is 10.7. The Hall–Kier alpha value is -2.05. The van der Waals surface area contributed by atoms with Gasteiger partial charge in [-0.15, -0.1) is 0 Å². The Morgan fingerprint density at radius 3 is 2.71 bits per heavy atom. The number of rotatable bonds is 2. The molecule has 0 unspecified atom stereocenters. The van der Waals surface area contributed by atoms with Gasteiger partial charge in [-0.1, -0.05) is 4.98 Å². The molecule has 1 fully saturated rings. The highest BCUT2D eigenvalue weighted by atomic mass is 16.6. The van der Waals surface area contributed by atoms with Crippen molar-refractivity contribution in [2.45, 2.75) is 24.5 Å². The Labute approximate surface area is 117 Å². The number of aliphatic hydroxyl groups excluding tert-OH is 3. The van der Waals surface area contributed by atoms with Gasteiger partial charge in [0.05, 0.1) is 6.61 Å². The number of hydrogen-bond acceptors (Lipinski definition) is 8. The van der Waals surface area contributed by atoms with Gasteiger partial charge < -0.3 is 36.5 Å². The lowest BCUT2D eigenvalue weighted by molar-refractivity contribution is -0.592. The van der Waals surface area contributed by atoms with Crippen molar-refractivity contribution in [2.24, 2.45) is 0 Å². The SMILES string of the molecule is Nc1c2ncn([C@@H]3O[C@H](CO)[C@@H](O)[C@H]3O)c2nc[n+]1[O-].O. The molecule has 2 aromatic heterocycles. The fourth-order valence-electron chi connectivity index (χ4n) is 2.23. The molecule has 0 bridgehead atoms. The maximum atomic E-state index is 11.3. The fraction of sp³-hybridized carbons (Fsp3) is 0.500. The first-order chi connectivity index (χ1) is 9.54. The van der Waals surface area contributed by atoms with Crippen LogP contribution in [0.5, 0.6) is 0 Å². The minimum Gasteiger partial charge on any atom is -0.740 e. The van der Waals surface area contributed by atoms with Crippen LogP contribution >= 0.6 is 0 Å². The highest BCUT2D eigenvalue weighted by Gasteiger charge is 2.44. The van der Waals surface area contributed by atoms with E-state index in [0.29, 0.717) is 4.73 Å². The minimum atomic E-state index is -1.26. The molecule has 3 heterocycles. The van der Waals surface area contributed by atoms with Crippen LogP contribution in [0, 0.1) is 5.21 Å². The average Bonchev–Trinajstić information content (AvgIpc) is 2.98. The van der Waals surface area contributed by atoms with Gasteiger partial charge in [0.25, 0.3) is 5.82 Å². The number of imidazole rings is 1. The standard InChI is InChI=1S/C10H13N5O5.H2O/c11-8-5-9(13-3-15(8)19)14(2-12-5)10-7(18)6(17)4(1-16)20-10;/h2-4,6-7,10,16-18H,1,11H2;1H2/t4-,6-,7-,10-;/m1./s1. The summed E-state index contributed by atoms with van der Waals surface area (Å²) in [7, 11) is 0.